The van der Waals surface area contributed by atoms with Gasteiger partial charge in [0.15, 0.2) is 5.12 Å². The largest absolute Gasteiger partial charge is 0.354 e. The summed E-state index contributed by atoms with van der Waals surface area (Å²) in [5, 5.41) is 8.14. The lowest BCUT2D eigenvalue weighted by Crippen LogP contribution is -2.60. The van der Waals surface area contributed by atoms with Crippen molar-refractivity contribution in [3.8, 4) is 0 Å². The van der Waals surface area contributed by atoms with Gasteiger partial charge in [-0.05, 0) is 12.2 Å². The highest BCUT2D eigenvalue weighted by atomic mass is 35.5. The molecule has 0 aromatic heterocycles. The van der Waals surface area contributed by atoms with Gasteiger partial charge in [0.25, 0.3) is 5.91 Å². The van der Waals surface area contributed by atoms with Gasteiger partial charge in [-0.2, -0.15) is 0 Å². The second kappa shape index (κ2) is 5.08. The highest BCUT2D eigenvalue weighted by Gasteiger charge is 2.35. The Bertz CT molecular complexity index is 362. The van der Waals surface area contributed by atoms with Crippen LogP contribution in [0.25, 0.3) is 0 Å². The highest BCUT2D eigenvalue weighted by Crippen LogP contribution is 2.24. The molecule has 3 N–H and O–H groups in total. The minimum atomic E-state index is -0.793. The molecule has 2 aliphatic rings. The molecule has 1 unspecified atom stereocenters. The van der Waals surface area contributed by atoms with Crippen LogP contribution in [-0.2, 0) is 4.79 Å². The molecule has 17 heavy (non-hydrogen) atoms. The van der Waals surface area contributed by atoms with Crippen molar-refractivity contribution >= 4 is 17.5 Å². The number of hydrogen-bond acceptors (Lipinski definition) is 4. The van der Waals surface area contributed by atoms with Gasteiger partial charge >= 0.3 is 0 Å². The SMILES string of the molecule is CNC(=O)C1=CC=CC(Cl)(N2CCNCC2)N1. The molecule has 1 saturated heterocycles. The van der Waals surface area contributed by atoms with Crippen LogP contribution in [0.5, 0.6) is 0 Å². The number of allylic oxidation sites excluding steroid dienone is 2. The van der Waals surface area contributed by atoms with E-state index in [2.05, 4.69) is 20.9 Å². The predicted octanol–water partition coefficient (Wildman–Crippen LogP) is -0.426. The number of alkyl halides is 1. The summed E-state index contributed by atoms with van der Waals surface area (Å²) >= 11 is 6.53. The molecule has 1 atom stereocenters. The number of piperazine rings is 1. The maximum absolute atomic E-state index is 11.6. The van der Waals surface area contributed by atoms with E-state index in [0.717, 1.165) is 26.2 Å². The zero-order valence-corrected chi connectivity index (χ0v) is 10.5. The van der Waals surface area contributed by atoms with Crippen LogP contribution in [-0.4, -0.2) is 49.2 Å². The number of hydrogen-bond donors (Lipinski definition) is 3. The van der Waals surface area contributed by atoms with E-state index < -0.39 is 5.12 Å². The Labute approximate surface area is 106 Å². The fourth-order valence-electron chi connectivity index (χ4n) is 1.99. The number of amides is 1. The molecule has 0 aliphatic carbocycles. The third kappa shape index (κ3) is 2.62. The summed E-state index contributed by atoms with van der Waals surface area (Å²) in [6.07, 6.45) is 5.41. The summed E-state index contributed by atoms with van der Waals surface area (Å²) in [5.41, 5.74) is 0.489. The molecule has 2 rings (SSSR count). The smallest absolute Gasteiger partial charge is 0.267 e. The second-order valence-corrected chi connectivity index (χ2v) is 4.63. The van der Waals surface area contributed by atoms with Crippen LogP contribution in [0.4, 0.5) is 0 Å². The summed E-state index contributed by atoms with van der Waals surface area (Å²) in [4.78, 5) is 13.7. The molecule has 0 aromatic rings. The maximum atomic E-state index is 11.6. The van der Waals surface area contributed by atoms with E-state index in [4.69, 9.17) is 11.6 Å². The molecule has 1 fully saturated rings. The van der Waals surface area contributed by atoms with Crippen molar-refractivity contribution in [2.45, 2.75) is 5.12 Å². The monoisotopic (exact) mass is 256 g/mol. The summed E-state index contributed by atoms with van der Waals surface area (Å²) in [6.45, 7) is 3.51. The lowest BCUT2D eigenvalue weighted by molar-refractivity contribution is -0.117. The summed E-state index contributed by atoms with van der Waals surface area (Å²) in [6, 6.07) is 0. The number of carbonyl (C=O) groups is 1. The van der Waals surface area contributed by atoms with Gasteiger partial charge in [0.2, 0.25) is 0 Å². The number of likely N-dealkylation sites (N-methyl/N-ethyl adjacent to an activating group) is 1. The number of halogens is 1. The first kappa shape index (κ1) is 12.4. The van der Waals surface area contributed by atoms with Crippen molar-refractivity contribution in [1.29, 1.82) is 0 Å². The van der Waals surface area contributed by atoms with Crippen LogP contribution >= 0.6 is 11.6 Å². The quantitative estimate of drug-likeness (QED) is 0.464. The van der Waals surface area contributed by atoms with E-state index in [0.29, 0.717) is 5.70 Å². The number of nitrogens with one attached hydrogen (secondary N) is 3. The average Bonchev–Trinajstić information content (AvgIpc) is 2.39. The Balaban J connectivity index is 2.10. The molecular formula is C11H17ClN4O. The Morgan fingerprint density at radius 3 is 2.88 bits per heavy atom. The maximum Gasteiger partial charge on any atom is 0.267 e. The van der Waals surface area contributed by atoms with E-state index in [-0.39, 0.29) is 5.91 Å². The molecule has 0 radical (unpaired) electrons. The summed E-state index contributed by atoms with van der Waals surface area (Å²) in [5.74, 6) is -0.158. The molecular weight excluding hydrogens is 240 g/mol. The Morgan fingerprint density at radius 1 is 1.53 bits per heavy atom. The first-order valence-electron chi connectivity index (χ1n) is 5.70. The molecule has 2 aliphatic heterocycles. The molecule has 0 saturated carbocycles. The molecule has 6 heteroatoms. The van der Waals surface area contributed by atoms with E-state index in [1.165, 1.54) is 0 Å². The molecule has 0 spiro atoms. The molecule has 2 heterocycles. The average molecular weight is 257 g/mol. The van der Waals surface area contributed by atoms with Gasteiger partial charge < -0.3 is 16.0 Å². The van der Waals surface area contributed by atoms with Crippen LogP contribution in [0.2, 0.25) is 0 Å². The minimum absolute atomic E-state index is 0.158. The van der Waals surface area contributed by atoms with Crippen LogP contribution in [0.1, 0.15) is 0 Å². The van der Waals surface area contributed by atoms with Crippen LogP contribution < -0.4 is 16.0 Å². The van der Waals surface area contributed by atoms with Crippen molar-refractivity contribution < 1.29 is 4.79 Å². The van der Waals surface area contributed by atoms with E-state index >= 15 is 0 Å². The lowest BCUT2D eigenvalue weighted by atomic mass is 10.2. The Hall–Kier alpha value is -1.04. The third-order valence-corrected chi connectivity index (χ3v) is 3.40. The van der Waals surface area contributed by atoms with Gasteiger partial charge in [0.05, 0.1) is 0 Å². The normalized spacial score (nSPS) is 29.4. The number of rotatable bonds is 2. The first-order valence-corrected chi connectivity index (χ1v) is 6.08. The number of dihydropyridines is 1. The minimum Gasteiger partial charge on any atom is -0.354 e. The third-order valence-electron chi connectivity index (χ3n) is 2.94. The molecule has 94 valence electrons. The molecule has 0 aromatic carbocycles. The van der Waals surface area contributed by atoms with Crippen LogP contribution in [0.15, 0.2) is 23.9 Å². The van der Waals surface area contributed by atoms with E-state index in [1.807, 2.05) is 12.2 Å². The Kier molecular flexibility index (Phi) is 3.71. The zero-order valence-electron chi connectivity index (χ0n) is 9.79. The summed E-state index contributed by atoms with van der Waals surface area (Å²) in [7, 11) is 1.60. The van der Waals surface area contributed by atoms with Crippen molar-refractivity contribution in [1.82, 2.24) is 20.9 Å². The lowest BCUT2D eigenvalue weighted by Gasteiger charge is -2.41. The van der Waals surface area contributed by atoms with Gasteiger partial charge in [0.1, 0.15) is 5.70 Å². The highest BCUT2D eigenvalue weighted by molar-refractivity contribution is 6.25. The van der Waals surface area contributed by atoms with E-state index in [1.54, 1.807) is 13.1 Å². The number of nitrogens with zero attached hydrogens (tertiary/aromatic N) is 1. The predicted molar refractivity (Wildman–Crippen MR) is 67.5 cm³/mol. The van der Waals surface area contributed by atoms with Gasteiger partial charge in [-0.25, -0.2) is 0 Å². The van der Waals surface area contributed by atoms with Crippen LogP contribution in [0, 0.1) is 0 Å². The zero-order chi connectivity index (χ0) is 12.3. The van der Waals surface area contributed by atoms with Crippen molar-refractivity contribution in [3.05, 3.63) is 23.9 Å². The van der Waals surface area contributed by atoms with Crippen molar-refractivity contribution in [3.63, 3.8) is 0 Å². The fourth-order valence-corrected chi connectivity index (χ4v) is 2.33. The number of carbonyl (C=O) groups excluding carboxylic acids is 1. The fraction of sp³-hybridized carbons (Fsp3) is 0.545. The van der Waals surface area contributed by atoms with Crippen LogP contribution in [0.3, 0.4) is 0 Å². The molecule has 0 bridgehead atoms. The van der Waals surface area contributed by atoms with Gasteiger partial charge in [-0.15, -0.1) is 0 Å². The topological polar surface area (TPSA) is 56.4 Å². The Morgan fingerprint density at radius 2 is 2.24 bits per heavy atom. The van der Waals surface area contributed by atoms with Crippen molar-refractivity contribution in [2.75, 3.05) is 33.2 Å². The standard InChI is InChI=1S/C11H17ClN4O/c1-13-10(17)9-3-2-4-11(12,15-9)16-7-5-14-6-8-16/h2-4,14-15H,5-8H2,1H3,(H,13,17). The molecule has 5 nitrogen and oxygen atoms in total. The van der Waals surface area contributed by atoms with Crippen molar-refractivity contribution in [2.24, 2.45) is 0 Å². The van der Waals surface area contributed by atoms with E-state index in [9.17, 15) is 4.79 Å². The molecule has 1 amide bonds. The first-order chi connectivity index (χ1) is 8.15. The van der Waals surface area contributed by atoms with Gasteiger partial charge in [-0.1, -0.05) is 17.7 Å². The second-order valence-electron chi connectivity index (χ2n) is 4.05. The summed E-state index contributed by atoms with van der Waals surface area (Å²) < 4.78 is 0. The van der Waals surface area contributed by atoms with Gasteiger partial charge in [-0.3, -0.25) is 9.69 Å². The van der Waals surface area contributed by atoms with Gasteiger partial charge in [0, 0.05) is 33.2 Å².